The van der Waals surface area contributed by atoms with E-state index in [1.54, 1.807) is 12.3 Å². The van der Waals surface area contributed by atoms with E-state index in [0.29, 0.717) is 11.8 Å². The smallest absolute Gasteiger partial charge is 0.251 e. The maximum Gasteiger partial charge on any atom is 0.251 e. The Hall–Kier alpha value is -2.86. The molecule has 1 saturated heterocycles. The van der Waals surface area contributed by atoms with E-state index in [1.807, 2.05) is 35.3 Å². The molecule has 2 aliphatic heterocycles. The van der Waals surface area contributed by atoms with E-state index in [4.69, 9.17) is 0 Å². The van der Waals surface area contributed by atoms with E-state index in [2.05, 4.69) is 46.7 Å². The third-order valence-corrected chi connectivity index (χ3v) is 6.41. The molecule has 0 unspecified atom stereocenters. The monoisotopic (exact) mass is 415 g/mol. The van der Waals surface area contributed by atoms with Gasteiger partial charge in [0, 0.05) is 85.2 Å². The Balaban J connectivity index is 1.38. The van der Waals surface area contributed by atoms with Gasteiger partial charge in [-0.1, -0.05) is 26.8 Å². The molecule has 3 aromatic rings. The summed E-state index contributed by atoms with van der Waals surface area (Å²) in [5.41, 5.74) is 4.33. The molecule has 6 heteroatoms. The minimum atomic E-state index is -0.0381. The van der Waals surface area contributed by atoms with Crippen molar-refractivity contribution in [1.29, 1.82) is 0 Å². The van der Waals surface area contributed by atoms with Gasteiger partial charge < -0.3 is 4.57 Å². The van der Waals surface area contributed by atoms with Crippen LogP contribution >= 0.6 is 0 Å². The van der Waals surface area contributed by atoms with Gasteiger partial charge in [-0.05, 0) is 30.0 Å². The van der Waals surface area contributed by atoms with Crippen LogP contribution in [0.3, 0.4) is 0 Å². The van der Waals surface area contributed by atoms with Crippen LogP contribution in [-0.4, -0.2) is 37.5 Å². The fourth-order valence-corrected chi connectivity index (χ4v) is 4.97. The second-order valence-corrected chi connectivity index (χ2v) is 10.0. The predicted molar refractivity (Wildman–Crippen MR) is 121 cm³/mol. The van der Waals surface area contributed by atoms with Gasteiger partial charge in [-0.15, -0.1) is 0 Å². The Morgan fingerprint density at radius 3 is 2.55 bits per heavy atom. The molecule has 2 aliphatic rings. The molecule has 2 bridgehead atoms. The first kappa shape index (κ1) is 20.1. The van der Waals surface area contributed by atoms with Crippen LogP contribution in [0.25, 0.3) is 11.1 Å². The lowest BCUT2D eigenvalue weighted by Crippen LogP contribution is -2.46. The van der Waals surface area contributed by atoms with Crippen molar-refractivity contribution in [3.8, 4) is 11.1 Å². The molecule has 0 amide bonds. The molecule has 0 radical (unpaired) electrons. The maximum absolute atomic E-state index is 12.9. The molecule has 5 rings (SSSR count). The molecule has 0 aliphatic carbocycles. The molecule has 0 saturated carbocycles. The van der Waals surface area contributed by atoms with Crippen LogP contribution in [0.2, 0.25) is 0 Å². The van der Waals surface area contributed by atoms with Crippen LogP contribution in [0.5, 0.6) is 0 Å². The zero-order valence-electron chi connectivity index (χ0n) is 18.5. The van der Waals surface area contributed by atoms with Crippen molar-refractivity contribution in [1.82, 2.24) is 24.4 Å². The van der Waals surface area contributed by atoms with Gasteiger partial charge in [-0.2, -0.15) is 0 Å². The van der Waals surface area contributed by atoms with E-state index in [-0.39, 0.29) is 11.0 Å². The van der Waals surface area contributed by atoms with Crippen LogP contribution < -0.4 is 5.56 Å². The third-order valence-electron chi connectivity index (χ3n) is 6.41. The standard InChI is InChI=1S/C25H29N5O/c1-25(2,3)24-27-10-18(11-28-24)14-29-13-17-7-21(16-29)22-8-20(9-23(31)30(22)15-17)19-5-4-6-26-12-19/h4-6,8-12,17,21H,7,13-16H2,1-3H3/t17-,21+/m0/s1. The zero-order chi connectivity index (χ0) is 21.6. The van der Waals surface area contributed by atoms with Crippen LogP contribution in [0.1, 0.15) is 50.2 Å². The van der Waals surface area contributed by atoms with Gasteiger partial charge in [0.25, 0.3) is 5.56 Å². The number of fused-ring (bicyclic) bond motifs is 4. The minimum Gasteiger partial charge on any atom is -0.312 e. The molecule has 160 valence electrons. The van der Waals surface area contributed by atoms with Crippen LogP contribution in [0.4, 0.5) is 0 Å². The Labute approximate surface area is 183 Å². The van der Waals surface area contributed by atoms with Gasteiger partial charge in [0.15, 0.2) is 0 Å². The Kier molecular flexibility index (Phi) is 4.97. The second-order valence-electron chi connectivity index (χ2n) is 10.0. The van der Waals surface area contributed by atoms with E-state index in [9.17, 15) is 4.79 Å². The summed E-state index contributed by atoms with van der Waals surface area (Å²) < 4.78 is 2.00. The lowest BCUT2D eigenvalue weighted by molar-refractivity contribution is 0.114. The number of hydrogen-bond acceptors (Lipinski definition) is 5. The molecule has 3 aromatic heterocycles. The van der Waals surface area contributed by atoms with Crippen molar-refractivity contribution in [3.63, 3.8) is 0 Å². The summed E-state index contributed by atoms with van der Waals surface area (Å²) in [5.74, 6) is 1.75. The normalized spacial score (nSPS) is 21.0. The predicted octanol–water partition coefficient (Wildman–Crippen LogP) is 3.62. The first-order chi connectivity index (χ1) is 14.9. The number of hydrogen-bond donors (Lipinski definition) is 0. The Bertz CT molecular complexity index is 1130. The lowest BCUT2D eigenvalue weighted by Gasteiger charge is -2.43. The summed E-state index contributed by atoms with van der Waals surface area (Å²) in [5, 5.41) is 0. The minimum absolute atomic E-state index is 0.0381. The number of piperidine rings is 1. The van der Waals surface area contributed by atoms with Gasteiger partial charge >= 0.3 is 0 Å². The molecular formula is C25H29N5O. The lowest BCUT2D eigenvalue weighted by atomic mass is 9.82. The van der Waals surface area contributed by atoms with Gasteiger partial charge in [-0.25, -0.2) is 9.97 Å². The van der Waals surface area contributed by atoms with Crippen molar-refractivity contribution in [3.05, 3.63) is 76.5 Å². The molecular weight excluding hydrogens is 386 g/mol. The van der Waals surface area contributed by atoms with Gasteiger partial charge in [0.2, 0.25) is 0 Å². The number of rotatable bonds is 3. The highest BCUT2D eigenvalue weighted by atomic mass is 16.1. The highest BCUT2D eigenvalue weighted by Crippen LogP contribution is 2.37. The summed E-state index contributed by atoms with van der Waals surface area (Å²) in [7, 11) is 0. The van der Waals surface area contributed by atoms with Gasteiger partial charge in [0.1, 0.15) is 5.82 Å². The topological polar surface area (TPSA) is 63.9 Å². The van der Waals surface area contributed by atoms with Crippen molar-refractivity contribution < 1.29 is 0 Å². The van der Waals surface area contributed by atoms with Crippen molar-refractivity contribution in [2.24, 2.45) is 5.92 Å². The molecule has 0 spiro atoms. The Morgan fingerprint density at radius 2 is 1.84 bits per heavy atom. The van der Waals surface area contributed by atoms with Crippen LogP contribution in [0, 0.1) is 5.92 Å². The quantitative estimate of drug-likeness (QED) is 0.654. The summed E-state index contributed by atoms with van der Waals surface area (Å²) >= 11 is 0. The first-order valence-corrected chi connectivity index (χ1v) is 11.1. The molecule has 0 aromatic carbocycles. The van der Waals surface area contributed by atoms with Gasteiger partial charge in [-0.3, -0.25) is 14.7 Å². The Morgan fingerprint density at radius 1 is 1.03 bits per heavy atom. The average molecular weight is 416 g/mol. The number of aromatic nitrogens is 4. The average Bonchev–Trinajstić information content (AvgIpc) is 2.75. The molecule has 1 fully saturated rings. The van der Waals surface area contributed by atoms with E-state index in [1.165, 1.54) is 0 Å². The fraction of sp³-hybridized carbons (Fsp3) is 0.440. The second kappa shape index (κ2) is 7.68. The molecule has 2 atom stereocenters. The van der Waals surface area contributed by atoms with Gasteiger partial charge in [0.05, 0.1) is 0 Å². The summed E-state index contributed by atoms with van der Waals surface area (Å²) in [4.78, 5) is 28.8. The van der Waals surface area contributed by atoms with Crippen LogP contribution in [-0.2, 0) is 18.5 Å². The highest BCUT2D eigenvalue weighted by molar-refractivity contribution is 5.62. The summed E-state index contributed by atoms with van der Waals surface area (Å²) in [6, 6.07) is 7.88. The molecule has 0 N–H and O–H groups in total. The van der Waals surface area contributed by atoms with E-state index < -0.39 is 0 Å². The third kappa shape index (κ3) is 4.04. The largest absolute Gasteiger partial charge is 0.312 e. The van der Waals surface area contributed by atoms with Crippen molar-refractivity contribution in [2.75, 3.05) is 13.1 Å². The van der Waals surface area contributed by atoms with E-state index in [0.717, 1.165) is 60.8 Å². The number of nitrogens with zero attached hydrogens (tertiary/aromatic N) is 5. The molecule has 31 heavy (non-hydrogen) atoms. The summed E-state index contributed by atoms with van der Waals surface area (Å²) in [6.07, 6.45) is 8.67. The molecule has 6 nitrogen and oxygen atoms in total. The fourth-order valence-electron chi connectivity index (χ4n) is 4.97. The highest BCUT2D eigenvalue weighted by Gasteiger charge is 2.35. The van der Waals surface area contributed by atoms with Crippen molar-refractivity contribution in [2.45, 2.75) is 51.6 Å². The first-order valence-electron chi connectivity index (χ1n) is 11.1. The SMILES string of the molecule is CC(C)(C)c1ncc(CN2C[C@@H]3C[C@H](C2)c2cc(-c4cccnc4)cc(=O)n2C3)cn1. The number of pyridine rings is 2. The van der Waals surface area contributed by atoms with Crippen LogP contribution in [0.15, 0.2) is 53.8 Å². The number of likely N-dealkylation sites (tertiary alicyclic amines) is 1. The van der Waals surface area contributed by atoms with E-state index >= 15 is 0 Å². The zero-order valence-corrected chi connectivity index (χ0v) is 18.5. The van der Waals surface area contributed by atoms with Crippen molar-refractivity contribution >= 4 is 0 Å². The molecule has 5 heterocycles. The summed E-state index contributed by atoms with van der Waals surface area (Å²) in [6.45, 7) is 10.0. The maximum atomic E-state index is 12.9.